The molecule has 0 aliphatic carbocycles. The van der Waals surface area contributed by atoms with Crippen LogP contribution in [0.1, 0.15) is 25.0 Å². The maximum atomic E-state index is 12.5. The minimum atomic E-state index is 0.0295. The standard InChI is InChI=1S/C23H30N2O3/c1-3-25(4-2)20(14-18-8-6-5-7-9-18)17-24-23(26)16-19-10-11-21-22(15-19)28-13-12-27-21/h5-11,15,20H,3-4,12-14,16-17H2,1-2H3,(H,24,26)/t20-/m0/s1. The summed E-state index contributed by atoms with van der Waals surface area (Å²) in [6.45, 7) is 8.02. The number of ether oxygens (including phenoxy) is 2. The van der Waals surface area contributed by atoms with Gasteiger partial charge in [-0.25, -0.2) is 0 Å². The Labute approximate surface area is 167 Å². The molecule has 2 aromatic carbocycles. The van der Waals surface area contributed by atoms with E-state index in [9.17, 15) is 4.79 Å². The molecule has 0 saturated carbocycles. The van der Waals surface area contributed by atoms with Gasteiger partial charge in [0.25, 0.3) is 0 Å². The summed E-state index contributed by atoms with van der Waals surface area (Å²) in [5.41, 5.74) is 2.23. The number of likely N-dealkylation sites (N-methyl/N-ethyl adjacent to an activating group) is 1. The van der Waals surface area contributed by atoms with E-state index in [0.29, 0.717) is 26.2 Å². The zero-order valence-corrected chi connectivity index (χ0v) is 16.8. The topological polar surface area (TPSA) is 50.8 Å². The van der Waals surface area contributed by atoms with Crippen LogP contribution in [0.4, 0.5) is 0 Å². The van der Waals surface area contributed by atoms with Gasteiger partial charge in [0.15, 0.2) is 11.5 Å². The highest BCUT2D eigenvalue weighted by Gasteiger charge is 2.18. The highest BCUT2D eigenvalue weighted by molar-refractivity contribution is 5.78. The molecule has 0 fully saturated rings. The molecule has 0 aromatic heterocycles. The van der Waals surface area contributed by atoms with Crippen LogP contribution in [-0.2, 0) is 17.6 Å². The lowest BCUT2D eigenvalue weighted by Crippen LogP contribution is -2.45. The van der Waals surface area contributed by atoms with Crippen LogP contribution in [-0.4, -0.2) is 49.7 Å². The zero-order chi connectivity index (χ0) is 19.8. The Kier molecular flexibility index (Phi) is 7.31. The summed E-state index contributed by atoms with van der Waals surface area (Å²) in [6, 6.07) is 16.4. The molecule has 0 unspecified atom stereocenters. The third-order valence-electron chi connectivity index (χ3n) is 5.15. The predicted octanol–water partition coefficient (Wildman–Crippen LogP) is 3.07. The fourth-order valence-electron chi connectivity index (χ4n) is 3.63. The van der Waals surface area contributed by atoms with Crippen LogP contribution in [0, 0.1) is 0 Å². The van der Waals surface area contributed by atoms with E-state index in [1.807, 2.05) is 24.3 Å². The number of hydrogen-bond donors (Lipinski definition) is 1. The SMILES string of the molecule is CCN(CC)[C@H](CNC(=O)Cc1ccc2c(c1)OCCO2)Cc1ccccc1. The Morgan fingerprint density at radius 3 is 2.43 bits per heavy atom. The molecule has 5 nitrogen and oxygen atoms in total. The van der Waals surface area contributed by atoms with Crippen molar-refractivity contribution in [3.63, 3.8) is 0 Å². The van der Waals surface area contributed by atoms with E-state index in [1.165, 1.54) is 5.56 Å². The third kappa shape index (κ3) is 5.49. The molecule has 1 aliphatic heterocycles. The molecule has 0 saturated heterocycles. The van der Waals surface area contributed by atoms with Crippen molar-refractivity contribution in [1.29, 1.82) is 0 Å². The number of hydrogen-bond acceptors (Lipinski definition) is 4. The van der Waals surface area contributed by atoms with E-state index in [1.54, 1.807) is 0 Å². The molecule has 28 heavy (non-hydrogen) atoms. The second-order valence-electron chi connectivity index (χ2n) is 7.02. The normalized spacial score (nSPS) is 14.0. The van der Waals surface area contributed by atoms with Gasteiger partial charge < -0.3 is 14.8 Å². The van der Waals surface area contributed by atoms with E-state index < -0.39 is 0 Å². The van der Waals surface area contributed by atoms with E-state index in [2.05, 4.69) is 48.3 Å². The number of amides is 1. The molecule has 0 spiro atoms. The van der Waals surface area contributed by atoms with E-state index >= 15 is 0 Å². The van der Waals surface area contributed by atoms with Crippen molar-refractivity contribution in [2.45, 2.75) is 32.7 Å². The molecule has 1 amide bonds. The average molecular weight is 383 g/mol. The first-order chi connectivity index (χ1) is 13.7. The molecule has 1 N–H and O–H groups in total. The summed E-state index contributed by atoms with van der Waals surface area (Å²) in [5, 5.41) is 3.13. The van der Waals surface area contributed by atoms with Crippen molar-refractivity contribution in [3.8, 4) is 11.5 Å². The fourth-order valence-corrected chi connectivity index (χ4v) is 3.63. The van der Waals surface area contributed by atoms with Gasteiger partial charge in [0, 0.05) is 12.6 Å². The van der Waals surface area contributed by atoms with Crippen molar-refractivity contribution in [3.05, 3.63) is 59.7 Å². The van der Waals surface area contributed by atoms with Crippen LogP contribution < -0.4 is 14.8 Å². The molecule has 1 aliphatic rings. The second kappa shape index (κ2) is 10.1. The monoisotopic (exact) mass is 382 g/mol. The van der Waals surface area contributed by atoms with Gasteiger partial charge in [0.05, 0.1) is 6.42 Å². The van der Waals surface area contributed by atoms with Crippen molar-refractivity contribution in [2.75, 3.05) is 32.8 Å². The van der Waals surface area contributed by atoms with Crippen LogP contribution in [0.5, 0.6) is 11.5 Å². The van der Waals surface area contributed by atoms with Crippen molar-refractivity contribution < 1.29 is 14.3 Å². The van der Waals surface area contributed by atoms with Gasteiger partial charge in [-0.05, 0) is 42.8 Å². The van der Waals surface area contributed by atoms with Crippen molar-refractivity contribution >= 4 is 5.91 Å². The highest BCUT2D eigenvalue weighted by atomic mass is 16.6. The Bertz CT molecular complexity index is 760. The molecule has 150 valence electrons. The molecule has 2 aromatic rings. The average Bonchev–Trinajstić information content (AvgIpc) is 2.73. The van der Waals surface area contributed by atoms with Crippen molar-refractivity contribution in [2.24, 2.45) is 0 Å². The molecule has 0 bridgehead atoms. The summed E-state index contributed by atoms with van der Waals surface area (Å²) in [6.07, 6.45) is 1.26. The first-order valence-electron chi connectivity index (χ1n) is 10.1. The number of nitrogens with zero attached hydrogens (tertiary/aromatic N) is 1. The van der Waals surface area contributed by atoms with Gasteiger partial charge in [-0.1, -0.05) is 50.2 Å². The molecule has 5 heteroatoms. The lowest BCUT2D eigenvalue weighted by atomic mass is 10.0. The number of benzene rings is 2. The van der Waals surface area contributed by atoms with E-state index in [-0.39, 0.29) is 11.9 Å². The number of carbonyl (C=O) groups excluding carboxylic acids is 1. The number of rotatable bonds is 9. The Morgan fingerprint density at radius 2 is 1.71 bits per heavy atom. The molecule has 0 radical (unpaired) electrons. The predicted molar refractivity (Wildman–Crippen MR) is 111 cm³/mol. The maximum absolute atomic E-state index is 12.5. The zero-order valence-electron chi connectivity index (χ0n) is 16.8. The smallest absolute Gasteiger partial charge is 0.224 e. The van der Waals surface area contributed by atoms with Crippen LogP contribution >= 0.6 is 0 Å². The first kappa shape index (κ1) is 20.2. The van der Waals surface area contributed by atoms with Gasteiger partial charge in [-0.15, -0.1) is 0 Å². The molecule has 3 rings (SSSR count). The minimum absolute atomic E-state index is 0.0295. The van der Waals surface area contributed by atoms with Crippen LogP contribution in [0.2, 0.25) is 0 Å². The van der Waals surface area contributed by atoms with Crippen LogP contribution in [0.15, 0.2) is 48.5 Å². The Morgan fingerprint density at radius 1 is 1.00 bits per heavy atom. The maximum Gasteiger partial charge on any atom is 0.224 e. The van der Waals surface area contributed by atoms with Gasteiger partial charge in [-0.3, -0.25) is 9.69 Å². The summed E-state index contributed by atoms with van der Waals surface area (Å²) in [4.78, 5) is 14.9. The molecule has 1 heterocycles. The minimum Gasteiger partial charge on any atom is -0.486 e. The van der Waals surface area contributed by atoms with Gasteiger partial charge in [0.1, 0.15) is 13.2 Å². The lowest BCUT2D eigenvalue weighted by molar-refractivity contribution is -0.120. The van der Waals surface area contributed by atoms with Crippen LogP contribution in [0.3, 0.4) is 0 Å². The summed E-state index contributed by atoms with van der Waals surface area (Å²) >= 11 is 0. The Hall–Kier alpha value is -2.53. The largest absolute Gasteiger partial charge is 0.486 e. The van der Waals surface area contributed by atoms with Crippen molar-refractivity contribution in [1.82, 2.24) is 10.2 Å². The third-order valence-corrected chi connectivity index (χ3v) is 5.15. The number of fused-ring (bicyclic) bond motifs is 1. The number of nitrogens with one attached hydrogen (secondary N) is 1. The second-order valence-corrected chi connectivity index (χ2v) is 7.02. The van der Waals surface area contributed by atoms with E-state index in [0.717, 1.165) is 36.6 Å². The van der Waals surface area contributed by atoms with Gasteiger partial charge >= 0.3 is 0 Å². The highest BCUT2D eigenvalue weighted by Crippen LogP contribution is 2.30. The van der Waals surface area contributed by atoms with Gasteiger partial charge in [-0.2, -0.15) is 0 Å². The molecular formula is C23H30N2O3. The van der Waals surface area contributed by atoms with Crippen LogP contribution in [0.25, 0.3) is 0 Å². The molecule has 1 atom stereocenters. The summed E-state index contributed by atoms with van der Waals surface area (Å²) in [5.74, 6) is 1.50. The fraction of sp³-hybridized carbons (Fsp3) is 0.435. The summed E-state index contributed by atoms with van der Waals surface area (Å²) in [7, 11) is 0. The molecular weight excluding hydrogens is 352 g/mol. The summed E-state index contributed by atoms with van der Waals surface area (Å²) < 4.78 is 11.1. The van der Waals surface area contributed by atoms with E-state index in [4.69, 9.17) is 9.47 Å². The number of carbonyl (C=O) groups is 1. The first-order valence-corrected chi connectivity index (χ1v) is 10.1. The van der Waals surface area contributed by atoms with Gasteiger partial charge in [0.2, 0.25) is 5.91 Å². The lowest BCUT2D eigenvalue weighted by Gasteiger charge is -2.30. The Balaban J connectivity index is 1.58. The quantitative estimate of drug-likeness (QED) is 0.724.